The molecule has 3 nitrogen and oxygen atoms in total. The second-order valence-electron chi connectivity index (χ2n) is 7.15. The fraction of sp³-hybridized carbons (Fsp3) is 0.889. The number of piperazine rings is 1. The molecule has 3 heteroatoms. The lowest BCUT2D eigenvalue weighted by Crippen LogP contribution is -2.59. The van der Waals surface area contributed by atoms with E-state index < -0.39 is 0 Å². The smallest absolute Gasteiger partial charge is 0.0645 e. The van der Waals surface area contributed by atoms with Crippen molar-refractivity contribution in [3.63, 3.8) is 0 Å². The summed E-state index contributed by atoms with van der Waals surface area (Å²) in [6.45, 7) is 14.7. The SMILES string of the molecule is C/C=C(\CCCCC(C)C)N1CCN(C2COC2)C[C@@H]1C. The number of nitrogens with zero attached hydrogens (tertiary/aromatic N) is 2. The van der Waals surface area contributed by atoms with Crippen LogP contribution in [0.1, 0.15) is 53.4 Å². The maximum Gasteiger partial charge on any atom is 0.0645 e. The number of unbranched alkanes of at least 4 members (excludes halogenated alkanes) is 1. The summed E-state index contributed by atoms with van der Waals surface area (Å²) >= 11 is 0. The lowest BCUT2D eigenvalue weighted by Gasteiger charge is -2.47. The number of hydrogen-bond donors (Lipinski definition) is 0. The van der Waals surface area contributed by atoms with E-state index >= 15 is 0 Å². The fourth-order valence-corrected chi connectivity index (χ4v) is 3.49. The first-order chi connectivity index (χ1) is 10.1. The summed E-state index contributed by atoms with van der Waals surface area (Å²) in [7, 11) is 0. The second kappa shape index (κ2) is 8.19. The molecule has 0 N–H and O–H groups in total. The molecule has 2 aliphatic heterocycles. The van der Waals surface area contributed by atoms with Gasteiger partial charge in [-0.1, -0.05) is 32.8 Å². The molecule has 0 aromatic rings. The highest BCUT2D eigenvalue weighted by Crippen LogP contribution is 2.23. The predicted octanol–water partition coefficient (Wildman–Crippen LogP) is 3.51. The Morgan fingerprint density at radius 1 is 1.24 bits per heavy atom. The molecule has 0 amide bonds. The Labute approximate surface area is 131 Å². The molecule has 122 valence electrons. The quantitative estimate of drug-likeness (QED) is 0.668. The predicted molar refractivity (Wildman–Crippen MR) is 89.4 cm³/mol. The van der Waals surface area contributed by atoms with Gasteiger partial charge in [-0.15, -0.1) is 0 Å². The molecule has 2 rings (SSSR count). The summed E-state index contributed by atoms with van der Waals surface area (Å²) in [5.41, 5.74) is 1.57. The fourth-order valence-electron chi connectivity index (χ4n) is 3.49. The molecule has 2 saturated heterocycles. The molecule has 0 radical (unpaired) electrons. The van der Waals surface area contributed by atoms with Crippen molar-refractivity contribution < 1.29 is 4.74 Å². The molecule has 0 aromatic carbocycles. The van der Waals surface area contributed by atoms with Gasteiger partial charge in [-0.25, -0.2) is 0 Å². The van der Waals surface area contributed by atoms with Crippen molar-refractivity contribution in [3.05, 3.63) is 11.8 Å². The van der Waals surface area contributed by atoms with Gasteiger partial charge < -0.3 is 9.64 Å². The Bertz CT molecular complexity index is 336. The Morgan fingerprint density at radius 2 is 2.00 bits per heavy atom. The van der Waals surface area contributed by atoms with Crippen molar-refractivity contribution in [1.82, 2.24) is 9.80 Å². The Balaban J connectivity index is 1.76. The number of ether oxygens (including phenoxy) is 1. The lowest BCUT2D eigenvalue weighted by molar-refractivity contribution is -0.0817. The van der Waals surface area contributed by atoms with E-state index in [4.69, 9.17) is 4.74 Å². The van der Waals surface area contributed by atoms with E-state index in [1.54, 1.807) is 5.70 Å². The molecule has 0 bridgehead atoms. The van der Waals surface area contributed by atoms with Crippen LogP contribution in [0.5, 0.6) is 0 Å². The van der Waals surface area contributed by atoms with E-state index in [-0.39, 0.29) is 0 Å². The van der Waals surface area contributed by atoms with Crippen LogP contribution in [0, 0.1) is 5.92 Å². The molecule has 2 heterocycles. The number of hydrogen-bond acceptors (Lipinski definition) is 3. The van der Waals surface area contributed by atoms with Crippen LogP contribution in [0.4, 0.5) is 0 Å². The first-order valence-corrected chi connectivity index (χ1v) is 8.85. The average molecular weight is 294 g/mol. The summed E-state index contributed by atoms with van der Waals surface area (Å²) in [6, 6.07) is 1.32. The Morgan fingerprint density at radius 3 is 2.52 bits per heavy atom. The highest BCUT2D eigenvalue weighted by atomic mass is 16.5. The van der Waals surface area contributed by atoms with E-state index in [1.165, 1.54) is 45.3 Å². The monoisotopic (exact) mass is 294 g/mol. The minimum Gasteiger partial charge on any atom is -0.378 e. The van der Waals surface area contributed by atoms with E-state index in [0.29, 0.717) is 12.1 Å². The Hall–Kier alpha value is -0.540. The molecule has 0 spiro atoms. The summed E-state index contributed by atoms with van der Waals surface area (Å²) in [4.78, 5) is 5.27. The maximum atomic E-state index is 5.34. The molecule has 0 aromatic heterocycles. The van der Waals surface area contributed by atoms with Crippen LogP contribution >= 0.6 is 0 Å². The molecular formula is C18H34N2O. The second-order valence-corrected chi connectivity index (χ2v) is 7.15. The lowest BCUT2D eigenvalue weighted by atomic mass is 10.0. The van der Waals surface area contributed by atoms with Gasteiger partial charge in [-0.05, 0) is 32.6 Å². The largest absolute Gasteiger partial charge is 0.378 e. The zero-order chi connectivity index (χ0) is 15.2. The van der Waals surface area contributed by atoms with Crippen molar-refractivity contribution in [2.45, 2.75) is 65.5 Å². The number of allylic oxidation sites excluding steroid dienone is 2. The van der Waals surface area contributed by atoms with Crippen LogP contribution < -0.4 is 0 Å². The van der Waals surface area contributed by atoms with Gasteiger partial charge in [-0.3, -0.25) is 4.90 Å². The number of rotatable bonds is 7. The van der Waals surface area contributed by atoms with Gasteiger partial charge in [0.05, 0.1) is 19.3 Å². The molecular weight excluding hydrogens is 260 g/mol. The van der Waals surface area contributed by atoms with E-state index in [0.717, 1.165) is 19.1 Å². The molecule has 2 aliphatic rings. The van der Waals surface area contributed by atoms with Crippen molar-refractivity contribution in [2.75, 3.05) is 32.8 Å². The van der Waals surface area contributed by atoms with Gasteiger partial charge in [-0.2, -0.15) is 0 Å². The first kappa shape index (κ1) is 16.8. The van der Waals surface area contributed by atoms with Gasteiger partial charge in [0.15, 0.2) is 0 Å². The van der Waals surface area contributed by atoms with Crippen LogP contribution in [0.2, 0.25) is 0 Å². The van der Waals surface area contributed by atoms with Crippen LogP contribution in [-0.2, 0) is 4.74 Å². The summed E-state index contributed by atoms with van der Waals surface area (Å²) < 4.78 is 5.34. The van der Waals surface area contributed by atoms with E-state index in [9.17, 15) is 0 Å². The average Bonchev–Trinajstić information content (AvgIpc) is 2.38. The van der Waals surface area contributed by atoms with Crippen LogP contribution in [-0.4, -0.2) is 54.7 Å². The van der Waals surface area contributed by atoms with Crippen molar-refractivity contribution >= 4 is 0 Å². The van der Waals surface area contributed by atoms with Crippen LogP contribution in [0.3, 0.4) is 0 Å². The first-order valence-electron chi connectivity index (χ1n) is 8.85. The van der Waals surface area contributed by atoms with Crippen molar-refractivity contribution in [3.8, 4) is 0 Å². The molecule has 0 unspecified atom stereocenters. The van der Waals surface area contributed by atoms with Crippen molar-refractivity contribution in [1.29, 1.82) is 0 Å². The third-order valence-electron chi connectivity index (χ3n) is 4.96. The molecule has 0 aliphatic carbocycles. The summed E-state index contributed by atoms with van der Waals surface area (Å²) in [6.07, 6.45) is 7.65. The highest BCUT2D eigenvalue weighted by Gasteiger charge is 2.32. The van der Waals surface area contributed by atoms with Crippen molar-refractivity contribution in [2.24, 2.45) is 5.92 Å². The standard InChI is InChI=1S/C18H34N2O/c1-5-17(9-7-6-8-15(2)3)20-11-10-19(12-16(20)4)18-13-21-14-18/h5,15-16,18H,6-14H2,1-4H3/b17-5+/t16-/m0/s1. The normalized spacial score (nSPS) is 25.5. The zero-order valence-corrected chi connectivity index (χ0v) is 14.5. The topological polar surface area (TPSA) is 15.7 Å². The van der Waals surface area contributed by atoms with Crippen LogP contribution in [0.15, 0.2) is 11.8 Å². The van der Waals surface area contributed by atoms with Crippen LogP contribution in [0.25, 0.3) is 0 Å². The zero-order valence-electron chi connectivity index (χ0n) is 14.5. The summed E-state index contributed by atoms with van der Waals surface area (Å²) in [5.74, 6) is 0.839. The van der Waals surface area contributed by atoms with E-state index in [2.05, 4.69) is 43.6 Å². The third kappa shape index (κ3) is 4.72. The molecule has 1 atom stereocenters. The van der Waals surface area contributed by atoms with E-state index in [1.807, 2.05) is 0 Å². The third-order valence-corrected chi connectivity index (χ3v) is 4.96. The van der Waals surface area contributed by atoms with Gasteiger partial charge in [0.2, 0.25) is 0 Å². The van der Waals surface area contributed by atoms with Gasteiger partial charge in [0.25, 0.3) is 0 Å². The highest BCUT2D eigenvalue weighted by molar-refractivity contribution is 5.04. The molecule has 0 saturated carbocycles. The van der Waals surface area contributed by atoms with Gasteiger partial charge in [0, 0.05) is 31.4 Å². The van der Waals surface area contributed by atoms with Gasteiger partial charge in [0.1, 0.15) is 0 Å². The minimum absolute atomic E-state index is 0.635. The van der Waals surface area contributed by atoms with Gasteiger partial charge >= 0.3 is 0 Å². The Kier molecular flexibility index (Phi) is 6.56. The summed E-state index contributed by atoms with van der Waals surface area (Å²) in [5, 5.41) is 0. The molecule has 21 heavy (non-hydrogen) atoms. The molecule has 2 fully saturated rings. The minimum atomic E-state index is 0.635. The maximum absolute atomic E-state index is 5.34.